The molecule has 0 aliphatic rings. The fourth-order valence-electron chi connectivity index (χ4n) is 3.46. The fourth-order valence-corrected chi connectivity index (χ4v) is 5.44. The van der Waals surface area contributed by atoms with Gasteiger partial charge >= 0.3 is 0 Å². The molecular formula is C25H20N4OS2. The lowest BCUT2D eigenvalue weighted by Crippen LogP contribution is -2.32. The summed E-state index contributed by atoms with van der Waals surface area (Å²) in [7, 11) is 0. The zero-order valence-electron chi connectivity index (χ0n) is 17.4. The molecule has 2 aromatic carbocycles. The van der Waals surface area contributed by atoms with Gasteiger partial charge in [0.15, 0.2) is 5.13 Å². The Kier molecular flexibility index (Phi) is 5.75. The van der Waals surface area contributed by atoms with Crippen LogP contribution in [-0.2, 0) is 6.42 Å². The topological polar surface area (TPSA) is 59.0 Å². The summed E-state index contributed by atoms with van der Waals surface area (Å²) >= 11 is 2.92. The van der Waals surface area contributed by atoms with Crippen LogP contribution in [-0.4, -0.2) is 27.4 Å². The van der Waals surface area contributed by atoms with Crippen LogP contribution in [0.3, 0.4) is 0 Å². The first-order valence-electron chi connectivity index (χ1n) is 10.3. The molecule has 1 amide bonds. The lowest BCUT2D eigenvalue weighted by Gasteiger charge is -2.19. The highest BCUT2D eigenvalue weighted by molar-refractivity contribution is 7.22. The second-order valence-electron chi connectivity index (χ2n) is 7.31. The minimum absolute atomic E-state index is 0.0721. The standard InChI is InChI=1S/C25H20N4OS2/c1-17-22(32-23(27-17)20-12-7-8-15-26-20)24(30)29(16-14-18-9-3-2-4-10-18)25-28-19-11-5-6-13-21(19)31-25/h2-13,15H,14,16H2,1H3. The second kappa shape index (κ2) is 8.98. The molecule has 0 saturated carbocycles. The predicted octanol–water partition coefficient (Wildman–Crippen LogP) is 6.01. The van der Waals surface area contributed by atoms with Gasteiger partial charge in [-0.15, -0.1) is 11.3 Å². The molecular weight excluding hydrogens is 436 g/mol. The van der Waals surface area contributed by atoms with E-state index in [4.69, 9.17) is 4.98 Å². The molecule has 5 rings (SSSR count). The molecule has 32 heavy (non-hydrogen) atoms. The molecule has 0 aliphatic carbocycles. The van der Waals surface area contributed by atoms with Crippen molar-refractivity contribution in [1.29, 1.82) is 0 Å². The number of aromatic nitrogens is 3. The van der Waals surface area contributed by atoms with E-state index in [-0.39, 0.29) is 5.91 Å². The van der Waals surface area contributed by atoms with Crippen LogP contribution in [0, 0.1) is 6.92 Å². The number of anilines is 1. The number of pyridine rings is 1. The third kappa shape index (κ3) is 4.17. The third-order valence-corrected chi connectivity index (χ3v) is 7.33. The summed E-state index contributed by atoms with van der Waals surface area (Å²) in [6, 6.07) is 23.9. The Labute approximate surface area is 194 Å². The summed E-state index contributed by atoms with van der Waals surface area (Å²) in [5.74, 6) is -0.0721. The van der Waals surface area contributed by atoms with Crippen molar-refractivity contribution < 1.29 is 4.79 Å². The van der Waals surface area contributed by atoms with Gasteiger partial charge < -0.3 is 0 Å². The van der Waals surface area contributed by atoms with Crippen molar-refractivity contribution in [3.8, 4) is 10.7 Å². The molecule has 3 heterocycles. The quantitative estimate of drug-likeness (QED) is 0.314. The lowest BCUT2D eigenvalue weighted by molar-refractivity contribution is 0.0990. The maximum absolute atomic E-state index is 13.8. The van der Waals surface area contributed by atoms with Crippen LogP contribution in [0.1, 0.15) is 20.9 Å². The van der Waals surface area contributed by atoms with Crippen LogP contribution < -0.4 is 4.90 Å². The number of fused-ring (bicyclic) bond motifs is 1. The van der Waals surface area contributed by atoms with E-state index in [1.165, 1.54) is 28.2 Å². The first-order valence-corrected chi connectivity index (χ1v) is 11.9. The van der Waals surface area contributed by atoms with Gasteiger partial charge in [-0.2, -0.15) is 0 Å². The van der Waals surface area contributed by atoms with E-state index in [0.29, 0.717) is 22.2 Å². The highest BCUT2D eigenvalue weighted by Crippen LogP contribution is 2.33. The lowest BCUT2D eigenvalue weighted by atomic mass is 10.1. The maximum atomic E-state index is 13.8. The van der Waals surface area contributed by atoms with Gasteiger partial charge in [0, 0.05) is 12.7 Å². The summed E-state index contributed by atoms with van der Waals surface area (Å²) < 4.78 is 1.07. The highest BCUT2D eigenvalue weighted by atomic mass is 32.1. The first-order chi connectivity index (χ1) is 15.7. The van der Waals surface area contributed by atoms with E-state index < -0.39 is 0 Å². The van der Waals surface area contributed by atoms with Crippen LogP contribution in [0.15, 0.2) is 79.0 Å². The number of para-hydroxylation sites is 1. The molecule has 0 fully saturated rings. The normalized spacial score (nSPS) is 11.0. The van der Waals surface area contributed by atoms with Crippen molar-refractivity contribution in [3.63, 3.8) is 0 Å². The Morgan fingerprint density at radius 1 is 0.906 bits per heavy atom. The molecule has 5 nitrogen and oxygen atoms in total. The molecule has 7 heteroatoms. The Balaban J connectivity index is 1.50. The minimum Gasteiger partial charge on any atom is -0.283 e. The smallest absolute Gasteiger partial charge is 0.272 e. The van der Waals surface area contributed by atoms with Crippen molar-refractivity contribution in [1.82, 2.24) is 15.0 Å². The van der Waals surface area contributed by atoms with Gasteiger partial charge in [0.1, 0.15) is 9.88 Å². The van der Waals surface area contributed by atoms with Gasteiger partial charge in [-0.05, 0) is 43.2 Å². The number of rotatable bonds is 6. The number of benzene rings is 2. The number of hydrogen-bond donors (Lipinski definition) is 0. The van der Waals surface area contributed by atoms with Crippen LogP contribution in [0.25, 0.3) is 20.9 Å². The van der Waals surface area contributed by atoms with E-state index in [0.717, 1.165) is 27.3 Å². The van der Waals surface area contributed by atoms with Crippen LogP contribution in [0.2, 0.25) is 0 Å². The number of aryl methyl sites for hydroxylation is 1. The van der Waals surface area contributed by atoms with Crippen molar-refractivity contribution in [2.45, 2.75) is 13.3 Å². The van der Waals surface area contributed by atoms with Crippen LogP contribution in [0.4, 0.5) is 5.13 Å². The zero-order valence-corrected chi connectivity index (χ0v) is 19.1. The van der Waals surface area contributed by atoms with Crippen molar-refractivity contribution in [2.75, 3.05) is 11.4 Å². The number of thiazole rings is 2. The number of nitrogens with zero attached hydrogens (tertiary/aromatic N) is 4. The Hall–Kier alpha value is -3.42. The molecule has 0 saturated heterocycles. The summed E-state index contributed by atoms with van der Waals surface area (Å²) in [5, 5.41) is 1.46. The molecule has 0 atom stereocenters. The molecule has 0 aliphatic heterocycles. The van der Waals surface area contributed by atoms with E-state index in [1.54, 1.807) is 11.1 Å². The van der Waals surface area contributed by atoms with E-state index in [2.05, 4.69) is 22.1 Å². The Bertz CT molecular complexity index is 1330. The number of carbonyl (C=O) groups excluding carboxylic acids is 1. The van der Waals surface area contributed by atoms with Gasteiger partial charge in [-0.25, -0.2) is 9.97 Å². The number of amides is 1. The molecule has 0 unspecified atom stereocenters. The van der Waals surface area contributed by atoms with Gasteiger partial charge in [0.25, 0.3) is 5.91 Å². The Morgan fingerprint density at radius 3 is 2.47 bits per heavy atom. The Morgan fingerprint density at radius 2 is 1.69 bits per heavy atom. The van der Waals surface area contributed by atoms with Crippen molar-refractivity contribution >= 4 is 43.9 Å². The summed E-state index contributed by atoms with van der Waals surface area (Å²) in [5.41, 5.74) is 3.57. The van der Waals surface area contributed by atoms with E-state index in [1.807, 2.05) is 67.6 Å². The van der Waals surface area contributed by atoms with Crippen molar-refractivity contribution in [2.24, 2.45) is 0 Å². The average molecular weight is 457 g/mol. The monoisotopic (exact) mass is 456 g/mol. The van der Waals surface area contributed by atoms with E-state index in [9.17, 15) is 4.79 Å². The summed E-state index contributed by atoms with van der Waals surface area (Å²) in [6.07, 6.45) is 2.48. The zero-order chi connectivity index (χ0) is 21.9. The fraction of sp³-hybridized carbons (Fsp3) is 0.120. The number of carbonyl (C=O) groups is 1. The average Bonchev–Trinajstić information content (AvgIpc) is 3.44. The maximum Gasteiger partial charge on any atom is 0.272 e. The van der Waals surface area contributed by atoms with Crippen LogP contribution >= 0.6 is 22.7 Å². The largest absolute Gasteiger partial charge is 0.283 e. The molecule has 0 spiro atoms. The molecule has 0 radical (unpaired) electrons. The second-order valence-corrected chi connectivity index (χ2v) is 9.31. The van der Waals surface area contributed by atoms with Crippen LogP contribution in [0.5, 0.6) is 0 Å². The van der Waals surface area contributed by atoms with Gasteiger partial charge in [-0.1, -0.05) is 59.9 Å². The third-order valence-electron chi connectivity index (χ3n) is 5.10. The predicted molar refractivity (Wildman–Crippen MR) is 132 cm³/mol. The minimum atomic E-state index is -0.0721. The van der Waals surface area contributed by atoms with Gasteiger partial charge in [-0.3, -0.25) is 14.7 Å². The SMILES string of the molecule is Cc1nc(-c2ccccn2)sc1C(=O)N(CCc1ccccc1)c1nc2ccccc2s1. The molecule has 5 aromatic rings. The molecule has 158 valence electrons. The molecule has 0 N–H and O–H groups in total. The highest BCUT2D eigenvalue weighted by Gasteiger charge is 2.25. The molecule has 3 aromatic heterocycles. The summed E-state index contributed by atoms with van der Waals surface area (Å²) in [4.78, 5) is 29.9. The molecule has 0 bridgehead atoms. The number of hydrogen-bond acceptors (Lipinski definition) is 6. The summed E-state index contributed by atoms with van der Waals surface area (Å²) in [6.45, 7) is 2.42. The van der Waals surface area contributed by atoms with Gasteiger partial charge in [0.05, 0.1) is 21.6 Å². The van der Waals surface area contributed by atoms with E-state index >= 15 is 0 Å². The van der Waals surface area contributed by atoms with Gasteiger partial charge in [0.2, 0.25) is 0 Å². The van der Waals surface area contributed by atoms with Crippen molar-refractivity contribution in [3.05, 3.63) is 95.1 Å². The first kappa shape index (κ1) is 20.5.